The smallest absolute Gasteiger partial charge is 0.258 e. The Bertz CT molecular complexity index is 2660. The van der Waals surface area contributed by atoms with Crippen LogP contribution in [0.3, 0.4) is 0 Å². The van der Waals surface area contributed by atoms with Gasteiger partial charge in [0.15, 0.2) is 11.6 Å². The number of Topliss-reactive ketones (excluding diaryl/α,β-unsaturated/α-hetero) is 2. The zero-order valence-corrected chi connectivity index (χ0v) is 38.6. The molecular formula is C46H41Cl5N8O6. The highest BCUT2D eigenvalue weighted by atomic mass is 35.5. The first-order valence-corrected chi connectivity index (χ1v) is 22.2. The lowest BCUT2D eigenvalue weighted by Crippen LogP contribution is -2.32. The van der Waals surface area contributed by atoms with Gasteiger partial charge in [0.1, 0.15) is 11.4 Å². The van der Waals surface area contributed by atoms with Gasteiger partial charge in [-0.1, -0.05) is 59.6 Å². The second-order valence-electron chi connectivity index (χ2n) is 14.2. The molecule has 0 aliphatic carbocycles. The molecule has 4 N–H and O–H groups in total. The highest BCUT2D eigenvalue weighted by Gasteiger charge is 2.27. The lowest BCUT2D eigenvalue weighted by Gasteiger charge is -2.16. The average molecular weight is 979 g/mol. The van der Waals surface area contributed by atoms with Crippen molar-refractivity contribution in [1.82, 2.24) is 0 Å². The Balaban J connectivity index is 1.27. The van der Waals surface area contributed by atoms with Crippen LogP contribution < -0.4 is 21.3 Å². The number of carbonyl (C=O) groups excluding carboxylic acids is 6. The van der Waals surface area contributed by atoms with Crippen LogP contribution in [0.1, 0.15) is 51.3 Å². The average Bonchev–Trinajstić information content (AvgIpc) is 3.26. The Morgan fingerprint density at radius 3 is 1.38 bits per heavy atom. The number of amides is 4. The van der Waals surface area contributed by atoms with Crippen LogP contribution in [0.5, 0.6) is 0 Å². The number of hydrogen-bond acceptors (Lipinski definition) is 10. The van der Waals surface area contributed by atoms with E-state index in [-0.39, 0.29) is 56.2 Å². The first-order chi connectivity index (χ1) is 31.2. The minimum atomic E-state index is -1.61. The highest BCUT2D eigenvalue weighted by Crippen LogP contribution is 2.32. The zero-order valence-electron chi connectivity index (χ0n) is 34.8. The number of carbonyl (C=O) groups is 6. The van der Waals surface area contributed by atoms with Gasteiger partial charge in [-0.15, -0.1) is 34.8 Å². The van der Waals surface area contributed by atoms with E-state index in [1.807, 2.05) is 12.1 Å². The molecule has 4 amide bonds. The van der Waals surface area contributed by atoms with E-state index in [4.69, 9.17) is 58.0 Å². The first kappa shape index (κ1) is 50.0. The van der Waals surface area contributed by atoms with Crippen LogP contribution in [0, 0.1) is 0 Å². The van der Waals surface area contributed by atoms with Crippen molar-refractivity contribution in [3.05, 3.63) is 141 Å². The number of nitrogens with zero attached hydrogens (tertiary/aromatic N) is 4. The van der Waals surface area contributed by atoms with E-state index in [0.29, 0.717) is 41.5 Å². The standard InChI is InChI=1S/C46H41Cl5N8O6/c1-26(60)41(58-56-37-13-5-11-34(39(37)50)43(62)52-31-9-3-7-28(23-31)17-20-47)45(64)54-33-15-16-36(30(25-33)19-22-49)55-46(65)42(27(2)61)59-57-38-14-6-12-35(40(38)51)44(63)53-32-10-4-8-29(24-32)18-21-48/h3-16,23-25,41-42H,17-22H2,1-2H3,(H,52,62)(H,53,63)(H,54,64)(H,55,65). The number of ketones is 2. The Kier molecular flexibility index (Phi) is 18.7. The monoisotopic (exact) mass is 976 g/mol. The molecule has 5 aromatic carbocycles. The molecule has 336 valence electrons. The van der Waals surface area contributed by atoms with Gasteiger partial charge in [-0.25, -0.2) is 0 Å². The third-order valence-corrected chi connectivity index (χ3v) is 10.8. The van der Waals surface area contributed by atoms with Gasteiger partial charge in [-0.2, -0.15) is 20.5 Å². The molecule has 0 bridgehead atoms. The van der Waals surface area contributed by atoms with Crippen molar-refractivity contribution in [3.63, 3.8) is 0 Å². The van der Waals surface area contributed by atoms with E-state index >= 15 is 0 Å². The summed E-state index contributed by atoms with van der Waals surface area (Å²) in [6, 6.07) is 24.7. The van der Waals surface area contributed by atoms with Crippen LogP contribution in [-0.2, 0) is 38.4 Å². The summed E-state index contributed by atoms with van der Waals surface area (Å²) in [4.78, 5) is 78.5. The normalized spacial score (nSPS) is 12.1. The summed E-state index contributed by atoms with van der Waals surface area (Å²) in [5.74, 6) is -3.01. The van der Waals surface area contributed by atoms with Crippen molar-refractivity contribution in [3.8, 4) is 0 Å². The lowest BCUT2D eigenvalue weighted by molar-refractivity contribution is -0.127. The van der Waals surface area contributed by atoms with Crippen LogP contribution in [0.15, 0.2) is 124 Å². The number of azo groups is 2. The molecule has 14 nitrogen and oxygen atoms in total. The molecule has 19 heteroatoms. The van der Waals surface area contributed by atoms with Gasteiger partial charge in [0.2, 0.25) is 12.1 Å². The molecule has 0 radical (unpaired) electrons. The molecule has 0 spiro atoms. The number of aryl methyl sites for hydroxylation is 3. The summed E-state index contributed by atoms with van der Waals surface area (Å²) in [7, 11) is 0. The number of rotatable bonds is 20. The molecule has 2 unspecified atom stereocenters. The van der Waals surface area contributed by atoms with Crippen LogP contribution in [0.25, 0.3) is 0 Å². The van der Waals surface area contributed by atoms with E-state index < -0.39 is 47.3 Å². The fourth-order valence-electron chi connectivity index (χ4n) is 6.16. The Morgan fingerprint density at radius 1 is 0.508 bits per heavy atom. The number of hydrogen-bond donors (Lipinski definition) is 4. The summed E-state index contributed by atoms with van der Waals surface area (Å²) in [6.45, 7) is 2.33. The van der Waals surface area contributed by atoms with Crippen molar-refractivity contribution in [2.24, 2.45) is 20.5 Å². The maximum atomic E-state index is 13.5. The highest BCUT2D eigenvalue weighted by molar-refractivity contribution is 6.37. The van der Waals surface area contributed by atoms with Gasteiger partial charge in [0.25, 0.3) is 23.6 Å². The van der Waals surface area contributed by atoms with E-state index in [1.165, 1.54) is 68.4 Å². The van der Waals surface area contributed by atoms with Gasteiger partial charge in [0.05, 0.1) is 21.2 Å². The second kappa shape index (κ2) is 24.3. The van der Waals surface area contributed by atoms with Crippen molar-refractivity contribution in [1.29, 1.82) is 0 Å². The Hall–Kier alpha value is -6.03. The van der Waals surface area contributed by atoms with Crippen molar-refractivity contribution >= 4 is 127 Å². The fourth-order valence-corrected chi connectivity index (χ4v) is 7.30. The number of alkyl halides is 3. The molecule has 2 atom stereocenters. The Morgan fingerprint density at radius 2 is 0.938 bits per heavy atom. The molecule has 0 fully saturated rings. The van der Waals surface area contributed by atoms with E-state index in [9.17, 15) is 28.8 Å². The third-order valence-electron chi connectivity index (χ3n) is 9.41. The van der Waals surface area contributed by atoms with Crippen LogP contribution in [0.4, 0.5) is 34.1 Å². The zero-order chi connectivity index (χ0) is 47.0. The predicted molar refractivity (Wildman–Crippen MR) is 257 cm³/mol. The van der Waals surface area contributed by atoms with Gasteiger partial charge in [-0.05, 0) is 117 Å². The minimum Gasteiger partial charge on any atom is -0.324 e. The number of anilines is 4. The van der Waals surface area contributed by atoms with Crippen LogP contribution in [0.2, 0.25) is 10.0 Å². The third kappa shape index (κ3) is 14.0. The van der Waals surface area contributed by atoms with Crippen LogP contribution in [-0.4, -0.2) is 64.9 Å². The van der Waals surface area contributed by atoms with E-state index in [1.54, 1.807) is 36.4 Å². The summed E-state index contributed by atoms with van der Waals surface area (Å²) in [5, 5.41) is 26.9. The maximum absolute atomic E-state index is 13.5. The molecule has 0 aliphatic heterocycles. The van der Waals surface area contributed by atoms with Gasteiger partial charge in [0, 0.05) is 40.4 Å². The molecule has 65 heavy (non-hydrogen) atoms. The second-order valence-corrected chi connectivity index (χ2v) is 16.1. The minimum absolute atomic E-state index is 0.0424. The van der Waals surface area contributed by atoms with Gasteiger partial charge >= 0.3 is 0 Å². The lowest BCUT2D eigenvalue weighted by atomic mass is 10.1. The molecule has 0 saturated heterocycles. The SMILES string of the molecule is CC(=O)C(N=Nc1cccc(C(=O)Nc2cccc(CCCl)c2)c1Cl)C(=O)Nc1ccc(NC(=O)C(N=Nc2cccc(C(=O)Nc3cccc(CCCl)c3)c2Cl)C(C)=O)c(CCCl)c1. The van der Waals surface area contributed by atoms with Gasteiger partial charge in [-0.3, -0.25) is 28.8 Å². The molecule has 0 saturated carbocycles. The van der Waals surface area contributed by atoms with Crippen LogP contribution >= 0.6 is 58.0 Å². The molecule has 0 aromatic heterocycles. The summed E-state index contributed by atoms with van der Waals surface area (Å²) in [6.07, 6.45) is 1.45. The summed E-state index contributed by atoms with van der Waals surface area (Å²) < 4.78 is 0. The molecule has 5 aromatic rings. The predicted octanol–water partition coefficient (Wildman–Crippen LogP) is 11.2. The number of nitrogens with one attached hydrogen (secondary N) is 4. The van der Waals surface area contributed by atoms with Gasteiger partial charge < -0.3 is 21.3 Å². The van der Waals surface area contributed by atoms with Crippen molar-refractivity contribution in [2.75, 3.05) is 38.9 Å². The van der Waals surface area contributed by atoms with E-state index in [2.05, 4.69) is 41.7 Å². The quantitative estimate of drug-likeness (QED) is 0.0340. The molecular weight excluding hydrogens is 938 g/mol. The van der Waals surface area contributed by atoms with Crippen molar-refractivity contribution < 1.29 is 28.8 Å². The topological polar surface area (TPSA) is 200 Å². The number of benzene rings is 5. The number of halogens is 5. The molecule has 0 aliphatic rings. The summed E-state index contributed by atoms with van der Waals surface area (Å²) in [5.41, 5.74) is 4.16. The first-order valence-electron chi connectivity index (χ1n) is 19.9. The molecule has 0 heterocycles. The maximum Gasteiger partial charge on any atom is 0.258 e. The fraction of sp³-hybridized carbons (Fsp3) is 0.217. The van der Waals surface area contributed by atoms with Crippen molar-refractivity contribution in [2.45, 2.75) is 45.2 Å². The largest absolute Gasteiger partial charge is 0.324 e. The molecule has 5 rings (SSSR count). The van der Waals surface area contributed by atoms with E-state index in [0.717, 1.165) is 11.1 Å². The Labute approximate surface area is 399 Å². The summed E-state index contributed by atoms with van der Waals surface area (Å²) >= 11 is 30.9.